The van der Waals surface area contributed by atoms with Crippen molar-refractivity contribution in [3.05, 3.63) is 51.8 Å². The van der Waals surface area contributed by atoms with E-state index in [1.807, 2.05) is 0 Å². The van der Waals surface area contributed by atoms with Gasteiger partial charge in [0.1, 0.15) is 28.5 Å². The summed E-state index contributed by atoms with van der Waals surface area (Å²) in [5.74, 6) is -1.67. The maximum Gasteiger partial charge on any atom is 0.343 e. The number of furan rings is 1. The molecule has 3 aromatic rings. The van der Waals surface area contributed by atoms with Gasteiger partial charge in [0.15, 0.2) is 5.76 Å². The van der Waals surface area contributed by atoms with E-state index in [-0.39, 0.29) is 29.5 Å². The molecular formula is C18H16ClF4N5O4. The number of carbonyl (C=O) groups excluding carboxylic acids is 2. The lowest BCUT2D eigenvalue weighted by atomic mass is 10.3. The van der Waals surface area contributed by atoms with Crippen molar-refractivity contribution in [1.82, 2.24) is 19.6 Å². The van der Waals surface area contributed by atoms with Crippen LogP contribution in [0.4, 0.5) is 23.4 Å². The Bertz CT molecular complexity index is 1140. The molecule has 32 heavy (non-hydrogen) atoms. The lowest BCUT2D eigenvalue weighted by Gasteiger charge is -2.07. The maximum atomic E-state index is 13.3. The van der Waals surface area contributed by atoms with Gasteiger partial charge in [-0.2, -0.15) is 10.2 Å². The van der Waals surface area contributed by atoms with Crippen LogP contribution in [0.5, 0.6) is 0 Å². The molecule has 0 atom stereocenters. The molecule has 0 bridgehead atoms. The Balaban J connectivity index is 1.81. The Hall–Kier alpha value is -3.35. The van der Waals surface area contributed by atoms with E-state index in [0.717, 1.165) is 0 Å². The predicted octanol–water partition coefficient (Wildman–Crippen LogP) is 4.22. The Morgan fingerprint density at radius 1 is 1.25 bits per heavy atom. The third-order valence-electron chi connectivity index (χ3n) is 4.23. The van der Waals surface area contributed by atoms with Gasteiger partial charge in [-0.3, -0.25) is 14.2 Å². The van der Waals surface area contributed by atoms with Crippen LogP contribution in [-0.4, -0.2) is 38.0 Å². The second-order valence-electron chi connectivity index (χ2n) is 6.31. The molecule has 0 aliphatic rings. The number of esters is 1. The SMILES string of the molecule is CCOC(=O)c1cnn(C)c1NC(=O)c1ccc(Cn2nc(C(F)F)c(Cl)c2C(F)F)o1. The van der Waals surface area contributed by atoms with Gasteiger partial charge in [0.05, 0.1) is 24.4 Å². The molecule has 1 N–H and O–H groups in total. The van der Waals surface area contributed by atoms with Crippen LogP contribution in [0.2, 0.25) is 5.02 Å². The number of anilines is 1. The predicted molar refractivity (Wildman–Crippen MR) is 102 cm³/mol. The van der Waals surface area contributed by atoms with E-state index in [2.05, 4.69) is 15.5 Å². The highest BCUT2D eigenvalue weighted by molar-refractivity contribution is 6.32. The second-order valence-corrected chi connectivity index (χ2v) is 6.69. The minimum Gasteiger partial charge on any atom is -0.462 e. The highest BCUT2D eigenvalue weighted by atomic mass is 35.5. The first-order valence-electron chi connectivity index (χ1n) is 9.05. The average molecular weight is 478 g/mol. The van der Waals surface area contributed by atoms with Gasteiger partial charge in [-0.1, -0.05) is 11.6 Å². The fourth-order valence-corrected chi connectivity index (χ4v) is 3.09. The molecular weight excluding hydrogens is 462 g/mol. The molecule has 0 spiro atoms. The molecule has 3 aromatic heterocycles. The van der Waals surface area contributed by atoms with E-state index in [0.29, 0.717) is 4.68 Å². The van der Waals surface area contributed by atoms with E-state index in [1.165, 1.54) is 30.1 Å². The number of aromatic nitrogens is 4. The van der Waals surface area contributed by atoms with Crippen molar-refractivity contribution < 1.29 is 36.3 Å². The van der Waals surface area contributed by atoms with Crippen molar-refractivity contribution in [1.29, 1.82) is 0 Å². The number of aryl methyl sites for hydroxylation is 1. The third kappa shape index (κ3) is 4.61. The van der Waals surface area contributed by atoms with Crippen molar-refractivity contribution in [2.45, 2.75) is 26.3 Å². The number of amides is 1. The Morgan fingerprint density at radius 2 is 1.97 bits per heavy atom. The monoisotopic (exact) mass is 477 g/mol. The fourth-order valence-electron chi connectivity index (χ4n) is 2.79. The zero-order valence-electron chi connectivity index (χ0n) is 16.6. The summed E-state index contributed by atoms with van der Waals surface area (Å²) < 4.78 is 64.5. The van der Waals surface area contributed by atoms with Crippen molar-refractivity contribution >= 4 is 29.3 Å². The summed E-state index contributed by atoms with van der Waals surface area (Å²) in [7, 11) is 1.49. The lowest BCUT2D eigenvalue weighted by Crippen LogP contribution is -2.17. The molecule has 0 unspecified atom stereocenters. The van der Waals surface area contributed by atoms with E-state index >= 15 is 0 Å². The first-order valence-corrected chi connectivity index (χ1v) is 9.43. The standard InChI is InChI=1S/C18H16ClF4N5O4/c1-3-31-18(30)9-6-24-27(2)16(9)25-17(29)10-5-4-8(32-10)7-28-13(15(22)23)11(19)12(26-28)14(20)21/h4-6,14-15H,3,7H2,1-2H3,(H,25,29). The third-order valence-corrected chi connectivity index (χ3v) is 4.61. The van der Waals surface area contributed by atoms with Gasteiger partial charge in [-0.15, -0.1) is 0 Å². The summed E-state index contributed by atoms with van der Waals surface area (Å²) in [5, 5.41) is 8.95. The summed E-state index contributed by atoms with van der Waals surface area (Å²) in [6.45, 7) is 1.26. The van der Waals surface area contributed by atoms with Crippen molar-refractivity contribution in [2.24, 2.45) is 7.05 Å². The number of nitrogens with one attached hydrogen (secondary N) is 1. The number of alkyl halides is 4. The number of nitrogens with zero attached hydrogens (tertiary/aromatic N) is 4. The summed E-state index contributed by atoms with van der Waals surface area (Å²) in [4.78, 5) is 24.5. The zero-order chi connectivity index (χ0) is 23.6. The molecule has 3 rings (SSSR count). The molecule has 1 amide bonds. The molecule has 172 valence electrons. The van der Waals surface area contributed by atoms with Crippen LogP contribution in [-0.2, 0) is 18.3 Å². The Morgan fingerprint density at radius 3 is 2.59 bits per heavy atom. The summed E-state index contributed by atoms with van der Waals surface area (Å²) in [5.41, 5.74) is -1.85. The number of rotatable bonds is 8. The smallest absolute Gasteiger partial charge is 0.343 e. The first kappa shape index (κ1) is 23.3. The molecule has 0 saturated carbocycles. The van der Waals surface area contributed by atoms with E-state index < -0.39 is 47.7 Å². The van der Waals surface area contributed by atoms with Crippen molar-refractivity contribution in [3.8, 4) is 0 Å². The number of hydrogen-bond acceptors (Lipinski definition) is 6. The minimum atomic E-state index is -3.16. The summed E-state index contributed by atoms with van der Waals surface area (Å²) in [6, 6.07) is 2.53. The van der Waals surface area contributed by atoms with E-state index in [1.54, 1.807) is 6.92 Å². The molecule has 0 aliphatic heterocycles. The number of hydrogen-bond donors (Lipinski definition) is 1. The Kier molecular flexibility index (Phi) is 6.87. The number of halogens is 5. The van der Waals surface area contributed by atoms with Crippen LogP contribution in [0, 0.1) is 0 Å². The van der Waals surface area contributed by atoms with Gasteiger partial charge < -0.3 is 14.5 Å². The second kappa shape index (κ2) is 9.42. The summed E-state index contributed by atoms with van der Waals surface area (Å²) in [6.07, 6.45) is -5.09. The molecule has 0 radical (unpaired) electrons. The normalized spacial score (nSPS) is 11.4. The zero-order valence-corrected chi connectivity index (χ0v) is 17.4. The van der Waals surface area contributed by atoms with Gasteiger partial charge in [0.25, 0.3) is 18.8 Å². The summed E-state index contributed by atoms with van der Waals surface area (Å²) >= 11 is 5.61. The van der Waals surface area contributed by atoms with Crippen molar-refractivity contribution in [2.75, 3.05) is 11.9 Å². The van der Waals surface area contributed by atoms with Crippen LogP contribution < -0.4 is 5.32 Å². The molecule has 9 nitrogen and oxygen atoms in total. The van der Waals surface area contributed by atoms with Gasteiger partial charge in [0, 0.05) is 7.05 Å². The molecule has 0 aromatic carbocycles. The van der Waals surface area contributed by atoms with Crippen LogP contribution in [0.3, 0.4) is 0 Å². The first-order chi connectivity index (χ1) is 15.1. The number of ether oxygens (including phenoxy) is 1. The topological polar surface area (TPSA) is 104 Å². The maximum absolute atomic E-state index is 13.3. The fraction of sp³-hybridized carbons (Fsp3) is 0.333. The highest BCUT2D eigenvalue weighted by Crippen LogP contribution is 2.35. The minimum absolute atomic E-state index is 0.0155. The van der Waals surface area contributed by atoms with E-state index in [9.17, 15) is 27.2 Å². The highest BCUT2D eigenvalue weighted by Gasteiger charge is 2.28. The lowest BCUT2D eigenvalue weighted by molar-refractivity contribution is 0.0527. The average Bonchev–Trinajstić information content (AvgIpc) is 3.41. The Labute approximate surface area is 182 Å². The van der Waals surface area contributed by atoms with Crippen LogP contribution in [0.25, 0.3) is 0 Å². The largest absolute Gasteiger partial charge is 0.462 e. The van der Waals surface area contributed by atoms with Crippen LogP contribution in [0.1, 0.15) is 57.8 Å². The molecule has 14 heteroatoms. The van der Waals surface area contributed by atoms with Crippen molar-refractivity contribution in [3.63, 3.8) is 0 Å². The van der Waals surface area contributed by atoms with Gasteiger partial charge >= 0.3 is 5.97 Å². The van der Waals surface area contributed by atoms with Gasteiger partial charge in [0.2, 0.25) is 0 Å². The van der Waals surface area contributed by atoms with Crippen LogP contribution >= 0.6 is 11.6 Å². The van der Waals surface area contributed by atoms with E-state index in [4.69, 9.17) is 20.8 Å². The molecule has 0 saturated heterocycles. The molecule has 0 aliphatic carbocycles. The van der Waals surface area contributed by atoms with Crippen LogP contribution in [0.15, 0.2) is 22.7 Å². The molecule has 3 heterocycles. The molecule has 0 fully saturated rings. The number of carbonyl (C=O) groups is 2. The quantitative estimate of drug-likeness (QED) is 0.385. The van der Waals surface area contributed by atoms with Gasteiger partial charge in [-0.05, 0) is 19.1 Å². The van der Waals surface area contributed by atoms with Gasteiger partial charge in [-0.25, -0.2) is 22.4 Å².